The van der Waals surface area contributed by atoms with E-state index >= 15 is 0 Å². The normalized spacial score (nSPS) is 19.8. The van der Waals surface area contributed by atoms with Gasteiger partial charge in [0, 0.05) is 24.7 Å². The first-order valence-corrected chi connectivity index (χ1v) is 11.8. The second-order valence-corrected chi connectivity index (χ2v) is 10.1. The molecule has 0 saturated heterocycles. The lowest BCUT2D eigenvalue weighted by Gasteiger charge is -2.41. The van der Waals surface area contributed by atoms with E-state index in [0.29, 0.717) is 5.75 Å². The third-order valence-electron chi connectivity index (χ3n) is 6.92. The van der Waals surface area contributed by atoms with Crippen molar-refractivity contribution in [2.45, 2.75) is 79.8 Å². The van der Waals surface area contributed by atoms with Crippen molar-refractivity contribution in [3.8, 4) is 11.5 Å². The van der Waals surface area contributed by atoms with Gasteiger partial charge < -0.3 is 14.4 Å². The summed E-state index contributed by atoms with van der Waals surface area (Å²) in [6.07, 6.45) is 4.43. The van der Waals surface area contributed by atoms with Gasteiger partial charge in [-0.3, -0.25) is 4.79 Å². The first-order valence-electron chi connectivity index (χ1n) is 11.8. The Morgan fingerprint density at radius 2 is 1.88 bits per heavy atom. The van der Waals surface area contributed by atoms with Crippen LogP contribution >= 0.6 is 0 Å². The van der Waals surface area contributed by atoms with Crippen LogP contribution in [-0.4, -0.2) is 29.6 Å². The maximum absolute atomic E-state index is 11.6. The fourth-order valence-electron chi connectivity index (χ4n) is 4.93. The molecule has 1 aliphatic heterocycles. The third kappa shape index (κ3) is 4.62. The van der Waals surface area contributed by atoms with Crippen LogP contribution in [0.4, 0.5) is 5.82 Å². The number of hydrogen-bond donors (Lipinski definition) is 0. The Hall–Kier alpha value is -2.56. The number of fused-ring (bicyclic) bond motifs is 1. The zero-order valence-corrected chi connectivity index (χ0v) is 20.6. The largest absolute Gasteiger partial charge is 0.485 e. The Labute approximate surface area is 192 Å². The van der Waals surface area contributed by atoms with E-state index in [0.717, 1.165) is 65.8 Å². The molecular weight excluding hydrogens is 400 g/mol. The highest BCUT2D eigenvalue weighted by Crippen LogP contribution is 2.44. The lowest BCUT2D eigenvalue weighted by molar-refractivity contribution is -0.132. The van der Waals surface area contributed by atoms with Crippen molar-refractivity contribution >= 4 is 11.8 Å². The number of nitrogens with zero attached hydrogens (tertiary/aromatic N) is 2. The average Bonchev–Trinajstić information content (AvgIpc) is 3.52. The monoisotopic (exact) mass is 436 g/mol. The summed E-state index contributed by atoms with van der Waals surface area (Å²) in [5.41, 5.74) is 6.21. The molecule has 5 heteroatoms. The molecular formula is C27H36N2O3. The summed E-state index contributed by atoms with van der Waals surface area (Å²) < 4.78 is 12.3. The quantitative estimate of drug-likeness (QED) is 0.439. The summed E-state index contributed by atoms with van der Waals surface area (Å²) in [7, 11) is 0. The summed E-state index contributed by atoms with van der Waals surface area (Å²) in [6.45, 7) is 15.8. The smallest absolute Gasteiger partial charge is 0.308 e. The summed E-state index contributed by atoms with van der Waals surface area (Å²) in [5.74, 6) is 3.18. The van der Waals surface area contributed by atoms with Crippen LogP contribution in [0, 0.1) is 40.5 Å². The van der Waals surface area contributed by atoms with Crippen molar-refractivity contribution < 1.29 is 14.3 Å². The van der Waals surface area contributed by atoms with Crippen molar-refractivity contribution in [1.82, 2.24) is 4.98 Å². The van der Waals surface area contributed by atoms with E-state index in [1.807, 2.05) is 13.8 Å². The van der Waals surface area contributed by atoms with E-state index in [1.165, 1.54) is 30.9 Å². The molecule has 1 saturated carbocycles. The Kier molecular flexibility index (Phi) is 5.95. The molecule has 0 amide bonds. The van der Waals surface area contributed by atoms with E-state index in [-0.39, 0.29) is 11.6 Å². The molecule has 0 N–H and O–H groups in total. The van der Waals surface area contributed by atoms with Gasteiger partial charge in [-0.15, -0.1) is 0 Å². The molecule has 0 bridgehead atoms. The zero-order chi connectivity index (χ0) is 23.2. The van der Waals surface area contributed by atoms with Crippen molar-refractivity contribution in [2.75, 3.05) is 18.0 Å². The van der Waals surface area contributed by atoms with E-state index < -0.39 is 0 Å². The summed E-state index contributed by atoms with van der Waals surface area (Å²) in [6, 6.07) is 4.32. The molecule has 2 heterocycles. The van der Waals surface area contributed by atoms with Gasteiger partial charge in [-0.25, -0.2) is 4.98 Å². The molecule has 5 nitrogen and oxygen atoms in total. The van der Waals surface area contributed by atoms with Gasteiger partial charge >= 0.3 is 5.97 Å². The molecule has 1 aromatic carbocycles. The number of carbonyl (C=O) groups excluding carboxylic acids is 1. The maximum Gasteiger partial charge on any atom is 0.308 e. The third-order valence-corrected chi connectivity index (χ3v) is 6.92. The number of ether oxygens (including phenoxy) is 2. The van der Waals surface area contributed by atoms with Crippen molar-refractivity contribution in [3.05, 3.63) is 45.6 Å². The van der Waals surface area contributed by atoms with Crippen LogP contribution in [-0.2, 0) is 11.2 Å². The van der Waals surface area contributed by atoms with Gasteiger partial charge in [0.15, 0.2) is 0 Å². The fraction of sp³-hybridized carbons (Fsp3) is 0.556. The molecule has 0 spiro atoms. The average molecular weight is 437 g/mol. The molecule has 2 aromatic rings. The van der Waals surface area contributed by atoms with Gasteiger partial charge in [-0.2, -0.15) is 0 Å². The second-order valence-electron chi connectivity index (χ2n) is 10.1. The van der Waals surface area contributed by atoms with E-state index in [1.54, 1.807) is 0 Å². The molecule has 1 aromatic heterocycles. The Morgan fingerprint density at radius 3 is 2.50 bits per heavy atom. The molecule has 1 fully saturated rings. The Bertz CT molecular complexity index is 1040. The van der Waals surface area contributed by atoms with Gasteiger partial charge in [0.2, 0.25) is 0 Å². The summed E-state index contributed by atoms with van der Waals surface area (Å²) >= 11 is 0. The molecule has 4 rings (SSSR count). The number of anilines is 1. The molecule has 0 radical (unpaired) electrons. The summed E-state index contributed by atoms with van der Waals surface area (Å²) in [5, 5.41) is 0. The van der Waals surface area contributed by atoms with Gasteiger partial charge in [0.1, 0.15) is 22.9 Å². The molecule has 2 aliphatic rings. The molecule has 1 aliphatic carbocycles. The number of pyridine rings is 1. The van der Waals surface area contributed by atoms with Crippen LogP contribution < -0.4 is 14.4 Å². The van der Waals surface area contributed by atoms with E-state index in [4.69, 9.17) is 14.5 Å². The van der Waals surface area contributed by atoms with Crippen LogP contribution in [0.25, 0.3) is 0 Å². The predicted octanol–water partition coefficient (Wildman–Crippen LogP) is 5.55. The van der Waals surface area contributed by atoms with Gasteiger partial charge in [-0.1, -0.05) is 0 Å². The number of aryl methyl sites for hydroxylation is 2. The van der Waals surface area contributed by atoms with Crippen molar-refractivity contribution in [2.24, 2.45) is 5.92 Å². The number of rotatable bonds is 6. The van der Waals surface area contributed by atoms with Crippen molar-refractivity contribution in [3.63, 3.8) is 0 Å². The van der Waals surface area contributed by atoms with Gasteiger partial charge in [-0.05, 0) is 108 Å². The molecule has 1 atom stereocenters. The highest BCUT2D eigenvalue weighted by Gasteiger charge is 2.38. The summed E-state index contributed by atoms with van der Waals surface area (Å²) in [4.78, 5) is 18.9. The minimum absolute atomic E-state index is 0.284. The number of benzene rings is 1. The number of esters is 1. The maximum atomic E-state index is 11.6. The lowest BCUT2D eigenvalue weighted by atomic mass is 9.86. The number of aromatic nitrogens is 1. The van der Waals surface area contributed by atoms with Crippen LogP contribution in [0.2, 0.25) is 0 Å². The SMILES string of the molecule is CC(=O)Oc1c(C)c(C)c2c(c1C)CCC(C)(CN(CC1CC1)c1cc(C)cc(C)n1)O2. The first kappa shape index (κ1) is 22.6. The van der Waals surface area contributed by atoms with E-state index in [2.05, 4.69) is 44.7 Å². The van der Waals surface area contributed by atoms with Crippen molar-refractivity contribution in [1.29, 1.82) is 0 Å². The lowest BCUT2D eigenvalue weighted by Crippen LogP contribution is -2.48. The Morgan fingerprint density at radius 1 is 1.16 bits per heavy atom. The fourth-order valence-corrected chi connectivity index (χ4v) is 4.93. The van der Waals surface area contributed by atoms with Gasteiger partial charge in [0.05, 0.1) is 6.54 Å². The predicted molar refractivity (Wildman–Crippen MR) is 128 cm³/mol. The van der Waals surface area contributed by atoms with E-state index in [9.17, 15) is 4.79 Å². The molecule has 172 valence electrons. The molecule has 32 heavy (non-hydrogen) atoms. The highest BCUT2D eigenvalue weighted by atomic mass is 16.5. The highest BCUT2D eigenvalue weighted by molar-refractivity contribution is 5.72. The van der Waals surface area contributed by atoms with Crippen LogP contribution in [0.15, 0.2) is 12.1 Å². The second kappa shape index (κ2) is 8.42. The standard InChI is InChI=1S/C27H36N2O3/c1-16-12-17(2)28-24(13-16)29(14-22-8-9-22)15-27(7)11-10-23-20(5)25(31-21(6)30)18(3)19(4)26(23)32-27/h12-13,22H,8-11,14-15H2,1-7H3. The van der Waals surface area contributed by atoms with Crippen LogP contribution in [0.1, 0.15) is 66.6 Å². The minimum Gasteiger partial charge on any atom is -0.485 e. The van der Waals surface area contributed by atoms with Crippen LogP contribution in [0.5, 0.6) is 11.5 Å². The Balaban J connectivity index is 1.65. The van der Waals surface area contributed by atoms with Gasteiger partial charge in [0.25, 0.3) is 0 Å². The number of hydrogen-bond acceptors (Lipinski definition) is 5. The zero-order valence-electron chi connectivity index (χ0n) is 20.6. The van der Waals surface area contributed by atoms with Crippen LogP contribution in [0.3, 0.4) is 0 Å². The number of carbonyl (C=O) groups is 1. The minimum atomic E-state index is -0.312. The topological polar surface area (TPSA) is 51.7 Å². The first-order chi connectivity index (χ1) is 15.1. The molecule has 1 unspecified atom stereocenters.